The smallest absolute Gasteiger partial charge is 0.339 e. The summed E-state index contributed by atoms with van der Waals surface area (Å²) in [6, 6.07) is 14.5. The SMILES string of the molecule is COc1ccc(-c2cc(C(=O)OCC(=O)N3C[C@H](C)C[C@H](C)C3)c3ccccc3n2)cc1OC. The van der Waals surface area contributed by atoms with Gasteiger partial charge in [0, 0.05) is 24.0 Å². The van der Waals surface area contributed by atoms with Gasteiger partial charge < -0.3 is 19.1 Å². The van der Waals surface area contributed by atoms with Gasteiger partial charge in [-0.1, -0.05) is 32.0 Å². The van der Waals surface area contributed by atoms with Crippen LogP contribution in [0.1, 0.15) is 30.6 Å². The van der Waals surface area contributed by atoms with Crippen molar-refractivity contribution in [2.75, 3.05) is 33.9 Å². The lowest BCUT2D eigenvalue weighted by molar-refractivity contribution is -0.137. The Balaban J connectivity index is 1.60. The molecule has 3 aromatic rings. The summed E-state index contributed by atoms with van der Waals surface area (Å²) in [5, 5.41) is 0.671. The molecular weight excluding hydrogens is 432 g/mol. The standard InChI is InChI=1S/C27H30N2O5/c1-17-11-18(2)15-29(14-17)26(30)16-34-27(31)21-13-23(28-22-8-6-5-7-20(21)22)19-9-10-24(32-3)25(12-19)33-4/h5-10,12-13,17-18H,11,14-16H2,1-4H3/t17-,18+. The van der Waals surface area contributed by atoms with E-state index < -0.39 is 5.97 Å². The molecule has 0 N–H and O–H groups in total. The minimum atomic E-state index is -0.549. The molecule has 7 heteroatoms. The van der Waals surface area contributed by atoms with Crippen LogP contribution < -0.4 is 9.47 Å². The molecule has 178 valence electrons. The van der Waals surface area contributed by atoms with Crippen molar-refractivity contribution in [3.05, 3.63) is 54.1 Å². The molecule has 34 heavy (non-hydrogen) atoms. The van der Waals surface area contributed by atoms with Crippen molar-refractivity contribution in [1.29, 1.82) is 0 Å². The number of ether oxygens (including phenoxy) is 3. The number of amides is 1. The molecule has 2 heterocycles. The fourth-order valence-electron chi connectivity index (χ4n) is 4.65. The van der Waals surface area contributed by atoms with Crippen LogP contribution >= 0.6 is 0 Å². The third kappa shape index (κ3) is 4.98. The summed E-state index contributed by atoms with van der Waals surface area (Å²) >= 11 is 0. The van der Waals surface area contributed by atoms with Crippen LogP contribution in [0.5, 0.6) is 11.5 Å². The fourth-order valence-corrected chi connectivity index (χ4v) is 4.65. The van der Waals surface area contributed by atoms with E-state index in [0.29, 0.717) is 58.6 Å². The molecule has 0 radical (unpaired) electrons. The van der Waals surface area contributed by atoms with E-state index in [1.165, 1.54) is 0 Å². The zero-order valence-corrected chi connectivity index (χ0v) is 20.0. The van der Waals surface area contributed by atoms with Crippen LogP contribution in [0, 0.1) is 11.8 Å². The van der Waals surface area contributed by atoms with Gasteiger partial charge in [-0.05, 0) is 48.6 Å². The quantitative estimate of drug-likeness (QED) is 0.499. The topological polar surface area (TPSA) is 78.0 Å². The van der Waals surface area contributed by atoms with Gasteiger partial charge in [-0.25, -0.2) is 9.78 Å². The number of fused-ring (bicyclic) bond motifs is 1. The summed E-state index contributed by atoms with van der Waals surface area (Å²) in [5.74, 6) is 1.34. The zero-order valence-electron chi connectivity index (χ0n) is 20.0. The van der Waals surface area contributed by atoms with Crippen molar-refractivity contribution in [2.45, 2.75) is 20.3 Å². The molecule has 2 aromatic carbocycles. The van der Waals surface area contributed by atoms with Gasteiger partial charge in [0.2, 0.25) is 0 Å². The summed E-state index contributed by atoms with van der Waals surface area (Å²) in [6.07, 6.45) is 1.10. The van der Waals surface area contributed by atoms with Gasteiger partial charge in [0.15, 0.2) is 18.1 Å². The number of para-hydroxylation sites is 1. The predicted octanol–water partition coefficient (Wildman–Crippen LogP) is 4.58. The molecule has 0 unspecified atom stereocenters. The van der Waals surface area contributed by atoms with Crippen LogP contribution in [0.15, 0.2) is 48.5 Å². The highest BCUT2D eigenvalue weighted by molar-refractivity contribution is 6.05. The molecule has 1 aliphatic rings. The monoisotopic (exact) mass is 462 g/mol. The molecular formula is C27H30N2O5. The van der Waals surface area contributed by atoms with E-state index in [-0.39, 0.29) is 12.5 Å². The molecule has 4 rings (SSSR count). The average molecular weight is 463 g/mol. The summed E-state index contributed by atoms with van der Waals surface area (Å²) in [4.78, 5) is 32.4. The summed E-state index contributed by atoms with van der Waals surface area (Å²) < 4.78 is 16.2. The maximum absolute atomic E-state index is 13.1. The Morgan fingerprint density at radius 1 is 0.971 bits per heavy atom. The first-order valence-corrected chi connectivity index (χ1v) is 11.5. The van der Waals surface area contributed by atoms with E-state index >= 15 is 0 Å². The van der Waals surface area contributed by atoms with E-state index in [4.69, 9.17) is 19.2 Å². The van der Waals surface area contributed by atoms with Gasteiger partial charge in [-0.3, -0.25) is 4.79 Å². The van der Waals surface area contributed by atoms with E-state index in [1.54, 1.807) is 31.3 Å². The Morgan fingerprint density at radius 2 is 1.68 bits per heavy atom. The lowest BCUT2D eigenvalue weighted by atomic mass is 9.92. The highest BCUT2D eigenvalue weighted by atomic mass is 16.5. The number of rotatable bonds is 6. The van der Waals surface area contributed by atoms with E-state index in [0.717, 1.165) is 12.0 Å². The Kier molecular flexibility index (Phi) is 7.01. The third-order valence-electron chi connectivity index (χ3n) is 6.16. The molecule has 0 bridgehead atoms. The molecule has 1 fully saturated rings. The minimum absolute atomic E-state index is 0.162. The van der Waals surface area contributed by atoms with Crippen LogP contribution in [0.4, 0.5) is 0 Å². The molecule has 2 atom stereocenters. The normalized spacial score (nSPS) is 17.9. The first-order chi connectivity index (χ1) is 16.4. The number of hydrogen-bond acceptors (Lipinski definition) is 6. The maximum Gasteiger partial charge on any atom is 0.339 e. The lowest BCUT2D eigenvalue weighted by Gasteiger charge is -2.34. The average Bonchev–Trinajstić information content (AvgIpc) is 2.85. The zero-order chi connectivity index (χ0) is 24.2. The molecule has 1 amide bonds. The molecule has 0 spiro atoms. The van der Waals surface area contributed by atoms with E-state index in [2.05, 4.69) is 13.8 Å². The summed E-state index contributed by atoms with van der Waals surface area (Å²) in [7, 11) is 3.14. The second-order valence-corrected chi connectivity index (χ2v) is 8.96. The van der Waals surface area contributed by atoms with Crippen LogP contribution in [-0.4, -0.2) is 55.7 Å². The molecule has 1 aromatic heterocycles. The predicted molar refractivity (Wildman–Crippen MR) is 130 cm³/mol. The van der Waals surface area contributed by atoms with Crippen molar-refractivity contribution in [3.63, 3.8) is 0 Å². The minimum Gasteiger partial charge on any atom is -0.493 e. The number of esters is 1. The Morgan fingerprint density at radius 3 is 2.38 bits per heavy atom. The van der Waals surface area contributed by atoms with Gasteiger partial charge >= 0.3 is 5.97 Å². The molecule has 0 saturated carbocycles. The number of methoxy groups -OCH3 is 2. The third-order valence-corrected chi connectivity index (χ3v) is 6.16. The highest BCUT2D eigenvalue weighted by Gasteiger charge is 2.26. The Bertz CT molecular complexity index is 1200. The molecule has 1 aliphatic heterocycles. The number of benzene rings is 2. The second-order valence-electron chi connectivity index (χ2n) is 8.96. The highest BCUT2D eigenvalue weighted by Crippen LogP contribution is 2.33. The van der Waals surface area contributed by atoms with Crippen molar-refractivity contribution in [1.82, 2.24) is 9.88 Å². The van der Waals surface area contributed by atoms with Crippen LogP contribution in [-0.2, 0) is 9.53 Å². The number of carbonyl (C=O) groups is 2. The fraction of sp³-hybridized carbons (Fsp3) is 0.370. The number of nitrogens with zero attached hydrogens (tertiary/aromatic N) is 2. The maximum atomic E-state index is 13.1. The van der Waals surface area contributed by atoms with Gasteiger partial charge in [0.05, 0.1) is 31.0 Å². The first-order valence-electron chi connectivity index (χ1n) is 11.5. The molecule has 1 saturated heterocycles. The van der Waals surface area contributed by atoms with Crippen molar-refractivity contribution in [3.8, 4) is 22.8 Å². The molecule has 0 aliphatic carbocycles. The number of hydrogen-bond donors (Lipinski definition) is 0. The number of aromatic nitrogens is 1. The first kappa shape index (κ1) is 23.5. The molecule has 7 nitrogen and oxygen atoms in total. The summed E-state index contributed by atoms with van der Waals surface area (Å²) in [6.45, 7) is 5.40. The van der Waals surface area contributed by atoms with Crippen molar-refractivity contribution < 1.29 is 23.8 Å². The van der Waals surface area contributed by atoms with E-state index in [1.807, 2.05) is 36.4 Å². The Hall–Kier alpha value is -3.61. The van der Waals surface area contributed by atoms with Crippen molar-refractivity contribution in [2.24, 2.45) is 11.8 Å². The van der Waals surface area contributed by atoms with Crippen molar-refractivity contribution >= 4 is 22.8 Å². The van der Waals surface area contributed by atoms with Gasteiger partial charge in [0.1, 0.15) is 0 Å². The largest absolute Gasteiger partial charge is 0.493 e. The van der Waals surface area contributed by atoms with Gasteiger partial charge in [-0.2, -0.15) is 0 Å². The number of likely N-dealkylation sites (tertiary alicyclic amines) is 1. The van der Waals surface area contributed by atoms with E-state index in [9.17, 15) is 9.59 Å². The number of pyridine rings is 1. The van der Waals surface area contributed by atoms with Gasteiger partial charge in [-0.15, -0.1) is 0 Å². The van der Waals surface area contributed by atoms with Crippen LogP contribution in [0.3, 0.4) is 0 Å². The van der Waals surface area contributed by atoms with Crippen LogP contribution in [0.2, 0.25) is 0 Å². The van der Waals surface area contributed by atoms with Gasteiger partial charge in [0.25, 0.3) is 5.91 Å². The van der Waals surface area contributed by atoms with Crippen LogP contribution in [0.25, 0.3) is 22.2 Å². The Labute approximate surface area is 199 Å². The number of carbonyl (C=O) groups excluding carboxylic acids is 2. The lowest BCUT2D eigenvalue weighted by Crippen LogP contribution is -2.44. The summed E-state index contributed by atoms with van der Waals surface area (Å²) in [5.41, 5.74) is 2.39. The second kappa shape index (κ2) is 10.1. The number of piperidine rings is 1.